The highest BCUT2D eigenvalue weighted by Gasteiger charge is 1.94. The van der Waals surface area contributed by atoms with Gasteiger partial charge >= 0.3 is 0 Å². The highest BCUT2D eigenvalue weighted by molar-refractivity contribution is 6.29. The van der Waals surface area contributed by atoms with Gasteiger partial charge in [-0.3, -0.25) is 4.98 Å². The molecule has 0 fully saturated rings. The molecule has 0 aromatic carbocycles. The third-order valence-corrected chi connectivity index (χ3v) is 0.889. The minimum Gasteiger partial charge on any atom is -0.359 e. The minimum atomic E-state index is 0.225. The summed E-state index contributed by atoms with van der Waals surface area (Å²) in [5.41, 5.74) is 0. The largest absolute Gasteiger partial charge is 0.359 e. The van der Waals surface area contributed by atoms with Gasteiger partial charge in [0, 0.05) is 0 Å². The molecule has 0 bridgehead atoms. The maximum absolute atomic E-state index is 6.50. The van der Waals surface area contributed by atoms with Crippen LogP contribution in [0.2, 0.25) is 5.15 Å². The van der Waals surface area contributed by atoms with Crippen molar-refractivity contribution in [2.75, 3.05) is 0 Å². The third-order valence-electron chi connectivity index (χ3n) is 0.707. The van der Waals surface area contributed by atoms with Gasteiger partial charge in [-0.15, -0.1) is 4.98 Å². The van der Waals surface area contributed by atoms with Crippen molar-refractivity contribution in [2.45, 2.75) is 0 Å². The molecule has 1 aromatic rings. The fourth-order valence-electron chi connectivity index (χ4n) is 0.386. The molecule has 0 atom stereocenters. The molecule has 4 heteroatoms. The molecule has 0 unspecified atom stereocenters. The number of aromatic nitrogens is 2. The summed E-state index contributed by atoms with van der Waals surface area (Å²) in [5, 5.41) is 0.253. The monoisotopic (exact) mass is 139 g/mol. The first-order valence-corrected chi connectivity index (χ1v) is 2.56. The van der Waals surface area contributed by atoms with Crippen LogP contribution in [0.1, 0.15) is 0 Å². The second kappa shape index (κ2) is 2.42. The normalized spacial score (nSPS) is 8.44. The van der Waals surface area contributed by atoms with Crippen molar-refractivity contribution in [3.05, 3.63) is 29.0 Å². The van der Waals surface area contributed by atoms with Crippen LogP contribution in [0.25, 0.3) is 4.85 Å². The standard InChI is InChI=1S/C5H2ClN3/c1-7-5-3-8-2-4(6)9-5/h2-3H. The second-order valence-electron chi connectivity index (χ2n) is 1.31. The molecule has 3 nitrogen and oxygen atoms in total. The van der Waals surface area contributed by atoms with E-state index in [-0.39, 0.29) is 11.0 Å². The van der Waals surface area contributed by atoms with Gasteiger partial charge in [-0.05, 0) is 11.6 Å². The van der Waals surface area contributed by atoms with Crippen LogP contribution in [0.3, 0.4) is 0 Å². The highest BCUT2D eigenvalue weighted by Crippen LogP contribution is 2.08. The van der Waals surface area contributed by atoms with Gasteiger partial charge < -0.3 is 4.85 Å². The topological polar surface area (TPSA) is 30.1 Å². The van der Waals surface area contributed by atoms with Gasteiger partial charge in [0.2, 0.25) is 5.15 Å². The van der Waals surface area contributed by atoms with Crippen molar-refractivity contribution in [3.8, 4) is 0 Å². The predicted octanol–water partition coefficient (Wildman–Crippen LogP) is 1.68. The van der Waals surface area contributed by atoms with E-state index in [1.807, 2.05) is 0 Å². The molecule has 0 aliphatic rings. The van der Waals surface area contributed by atoms with Crippen molar-refractivity contribution in [1.82, 2.24) is 9.97 Å². The zero-order valence-electron chi connectivity index (χ0n) is 4.37. The van der Waals surface area contributed by atoms with Crippen LogP contribution in [0.15, 0.2) is 12.4 Å². The van der Waals surface area contributed by atoms with Gasteiger partial charge in [0.25, 0.3) is 5.82 Å². The van der Waals surface area contributed by atoms with Crippen molar-refractivity contribution >= 4 is 17.4 Å². The van der Waals surface area contributed by atoms with E-state index in [0.717, 1.165) is 0 Å². The summed E-state index contributed by atoms with van der Waals surface area (Å²) in [4.78, 5) is 10.3. The fraction of sp³-hybridized carbons (Fsp3) is 0. The molecule has 0 aliphatic carbocycles. The van der Waals surface area contributed by atoms with E-state index in [1.165, 1.54) is 12.4 Å². The SMILES string of the molecule is [C-]#[N+]c1cncc(Cl)n1. The lowest BCUT2D eigenvalue weighted by Crippen LogP contribution is -1.75. The highest BCUT2D eigenvalue weighted by atomic mass is 35.5. The Morgan fingerprint density at radius 2 is 2.33 bits per heavy atom. The molecule has 44 valence electrons. The minimum absolute atomic E-state index is 0.225. The average molecular weight is 140 g/mol. The quantitative estimate of drug-likeness (QED) is 0.512. The van der Waals surface area contributed by atoms with Crippen LogP contribution in [0.5, 0.6) is 0 Å². The molecule has 0 radical (unpaired) electrons. The number of nitrogens with zero attached hydrogens (tertiary/aromatic N) is 3. The van der Waals surface area contributed by atoms with Gasteiger partial charge in [0.1, 0.15) is 0 Å². The smallest absolute Gasteiger partial charge is 0.289 e. The summed E-state index contributed by atoms with van der Waals surface area (Å²) in [7, 11) is 0. The molecule has 0 spiro atoms. The third kappa shape index (κ3) is 1.37. The zero-order chi connectivity index (χ0) is 6.69. The second-order valence-corrected chi connectivity index (χ2v) is 1.70. The maximum atomic E-state index is 6.50. The number of hydrogen-bond acceptors (Lipinski definition) is 2. The van der Waals surface area contributed by atoms with E-state index in [0.29, 0.717) is 0 Å². The van der Waals surface area contributed by atoms with Crippen molar-refractivity contribution in [3.63, 3.8) is 0 Å². The zero-order valence-corrected chi connectivity index (χ0v) is 5.13. The number of halogens is 1. The molecular weight excluding hydrogens is 138 g/mol. The lowest BCUT2D eigenvalue weighted by molar-refractivity contribution is 1.22. The summed E-state index contributed by atoms with van der Waals surface area (Å²) in [6.45, 7) is 6.50. The van der Waals surface area contributed by atoms with E-state index >= 15 is 0 Å². The Kier molecular flexibility index (Phi) is 1.61. The van der Waals surface area contributed by atoms with Crippen molar-refractivity contribution in [2.24, 2.45) is 0 Å². The number of hydrogen-bond donors (Lipinski definition) is 0. The van der Waals surface area contributed by atoms with Crippen LogP contribution in [-0.2, 0) is 0 Å². The molecule has 0 saturated carbocycles. The first kappa shape index (κ1) is 5.99. The Bertz CT molecular complexity index is 253. The Labute approximate surface area is 57.1 Å². The summed E-state index contributed by atoms with van der Waals surface area (Å²) >= 11 is 5.41. The van der Waals surface area contributed by atoms with Crippen LogP contribution in [0, 0.1) is 6.57 Å². The van der Waals surface area contributed by atoms with Gasteiger partial charge in [0.05, 0.1) is 12.4 Å². The molecular formula is C5H2ClN3. The van der Waals surface area contributed by atoms with E-state index in [9.17, 15) is 0 Å². The van der Waals surface area contributed by atoms with Crippen LogP contribution in [0.4, 0.5) is 5.82 Å². The van der Waals surface area contributed by atoms with Gasteiger partial charge in [-0.2, -0.15) is 0 Å². The Balaban J connectivity index is 3.12. The van der Waals surface area contributed by atoms with E-state index in [4.69, 9.17) is 18.2 Å². The van der Waals surface area contributed by atoms with Crippen molar-refractivity contribution in [1.29, 1.82) is 0 Å². The van der Waals surface area contributed by atoms with Gasteiger partial charge in [0.15, 0.2) is 0 Å². The predicted molar refractivity (Wildman–Crippen MR) is 33.3 cm³/mol. The first-order chi connectivity index (χ1) is 4.33. The Morgan fingerprint density at radius 3 is 2.78 bits per heavy atom. The molecule has 0 saturated heterocycles. The Morgan fingerprint density at radius 1 is 1.56 bits per heavy atom. The van der Waals surface area contributed by atoms with E-state index in [1.54, 1.807) is 0 Å². The van der Waals surface area contributed by atoms with E-state index in [2.05, 4.69) is 14.8 Å². The van der Waals surface area contributed by atoms with Crippen molar-refractivity contribution < 1.29 is 0 Å². The van der Waals surface area contributed by atoms with Gasteiger partial charge in [-0.1, -0.05) is 6.57 Å². The summed E-state index contributed by atoms with van der Waals surface area (Å²) in [6, 6.07) is 0. The average Bonchev–Trinajstić information content (AvgIpc) is 1.88. The molecule has 1 heterocycles. The molecule has 9 heavy (non-hydrogen) atoms. The van der Waals surface area contributed by atoms with E-state index < -0.39 is 0 Å². The van der Waals surface area contributed by atoms with Crippen LogP contribution >= 0.6 is 11.6 Å². The molecule has 0 amide bonds. The maximum Gasteiger partial charge on any atom is 0.289 e. The summed E-state index contributed by atoms with van der Waals surface area (Å²) in [5.74, 6) is 0.225. The fourth-order valence-corrected chi connectivity index (χ4v) is 0.529. The molecule has 1 aromatic heterocycles. The van der Waals surface area contributed by atoms with Crippen LogP contribution in [-0.4, -0.2) is 9.97 Å². The molecule has 0 N–H and O–H groups in total. The summed E-state index contributed by atoms with van der Waals surface area (Å²) in [6.07, 6.45) is 2.75. The van der Waals surface area contributed by atoms with Crippen LogP contribution < -0.4 is 0 Å². The first-order valence-electron chi connectivity index (χ1n) is 2.18. The number of rotatable bonds is 0. The molecule has 0 aliphatic heterocycles. The van der Waals surface area contributed by atoms with Gasteiger partial charge in [-0.25, -0.2) is 0 Å². The summed E-state index contributed by atoms with van der Waals surface area (Å²) < 4.78 is 0. The lowest BCUT2D eigenvalue weighted by Gasteiger charge is -1.83. The lowest BCUT2D eigenvalue weighted by atomic mass is 10.7. The molecule has 1 rings (SSSR count). The Hall–Kier alpha value is -1.14.